The largest absolute Gasteiger partial charge is 0.493 e. The first-order valence-corrected chi connectivity index (χ1v) is 11.2. The van der Waals surface area contributed by atoms with E-state index in [1.54, 1.807) is 19.6 Å². The Kier molecular flexibility index (Phi) is 7.26. The van der Waals surface area contributed by atoms with Crippen LogP contribution in [0.2, 0.25) is 0 Å². The molecule has 2 aromatic carbocycles. The predicted octanol–water partition coefficient (Wildman–Crippen LogP) is 4.66. The van der Waals surface area contributed by atoms with Crippen molar-refractivity contribution in [2.75, 3.05) is 20.8 Å². The summed E-state index contributed by atoms with van der Waals surface area (Å²) in [6, 6.07) is 19.3. The minimum Gasteiger partial charge on any atom is -0.493 e. The maximum atomic E-state index is 12.3. The lowest BCUT2D eigenvalue weighted by atomic mass is 10.0. The number of Topliss-reactive ketones (excluding diaryl/α,β-unsaturated/α-hetero) is 1. The van der Waals surface area contributed by atoms with Crippen LogP contribution in [0.1, 0.15) is 21.6 Å². The number of pyridine rings is 1. The first kappa shape index (κ1) is 22.4. The van der Waals surface area contributed by atoms with Gasteiger partial charge < -0.3 is 14.2 Å². The Balaban J connectivity index is 1.40. The molecule has 0 spiro atoms. The van der Waals surface area contributed by atoms with E-state index >= 15 is 0 Å². The van der Waals surface area contributed by atoms with E-state index in [1.165, 1.54) is 11.5 Å². The van der Waals surface area contributed by atoms with Gasteiger partial charge in [0.15, 0.2) is 17.3 Å². The lowest BCUT2D eigenvalue weighted by molar-refractivity contribution is 0.0988. The molecule has 33 heavy (non-hydrogen) atoms. The molecule has 0 fully saturated rings. The van der Waals surface area contributed by atoms with Gasteiger partial charge in [-0.15, -0.1) is 5.10 Å². The average Bonchev–Trinajstić information content (AvgIpc) is 3.40. The van der Waals surface area contributed by atoms with Gasteiger partial charge in [0.05, 0.1) is 26.5 Å². The minimum atomic E-state index is -0.0545. The molecule has 0 atom stereocenters. The van der Waals surface area contributed by atoms with E-state index in [2.05, 4.69) is 14.6 Å². The zero-order chi connectivity index (χ0) is 23.0. The Morgan fingerprint density at radius 3 is 2.58 bits per heavy atom. The molecule has 0 radical (unpaired) electrons. The van der Waals surface area contributed by atoms with E-state index in [-0.39, 0.29) is 12.2 Å². The Morgan fingerprint density at radius 1 is 0.939 bits per heavy atom. The van der Waals surface area contributed by atoms with Gasteiger partial charge in [-0.1, -0.05) is 34.8 Å². The number of methoxy groups -OCH3 is 2. The predicted molar refractivity (Wildman–Crippen MR) is 126 cm³/mol. The van der Waals surface area contributed by atoms with Gasteiger partial charge in [0.2, 0.25) is 5.88 Å². The second-order valence-electron chi connectivity index (χ2n) is 7.24. The van der Waals surface area contributed by atoms with Crippen molar-refractivity contribution in [2.24, 2.45) is 0 Å². The van der Waals surface area contributed by atoms with E-state index < -0.39 is 0 Å². The first-order valence-electron chi connectivity index (χ1n) is 10.4. The van der Waals surface area contributed by atoms with E-state index in [0.29, 0.717) is 36.1 Å². The van der Waals surface area contributed by atoms with Crippen molar-refractivity contribution in [2.45, 2.75) is 12.8 Å². The van der Waals surface area contributed by atoms with Gasteiger partial charge in [-0.2, -0.15) is 0 Å². The lowest BCUT2D eigenvalue weighted by Crippen LogP contribution is -2.04. The van der Waals surface area contributed by atoms with Crippen LogP contribution in [0.15, 0.2) is 66.0 Å². The second kappa shape index (κ2) is 10.7. The normalized spacial score (nSPS) is 10.6. The highest BCUT2D eigenvalue weighted by Crippen LogP contribution is 2.28. The number of rotatable bonds is 10. The fourth-order valence-electron chi connectivity index (χ4n) is 3.37. The van der Waals surface area contributed by atoms with Gasteiger partial charge in [-0.3, -0.25) is 4.79 Å². The van der Waals surface area contributed by atoms with E-state index in [1.807, 2.05) is 60.7 Å². The summed E-state index contributed by atoms with van der Waals surface area (Å²) in [5.74, 6) is 1.88. The summed E-state index contributed by atoms with van der Waals surface area (Å²) < 4.78 is 20.3. The molecule has 0 bridgehead atoms. The minimum absolute atomic E-state index is 0.0545. The lowest BCUT2D eigenvalue weighted by Gasteiger charge is -2.11. The molecule has 0 aliphatic heterocycles. The van der Waals surface area contributed by atoms with Crippen LogP contribution in [0.5, 0.6) is 17.4 Å². The molecular formula is C25H23N3O4S. The summed E-state index contributed by atoms with van der Waals surface area (Å²) in [7, 11) is 3.24. The number of aromatic nitrogens is 3. The number of benzene rings is 2. The highest BCUT2D eigenvalue weighted by molar-refractivity contribution is 7.03. The van der Waals surface area contributed by atoms with E-state index in [9.17, 15) is 4.79 Å². The topological polar surface area (TPSA) is 83.4 Å². The number of hydrogen-bond acceptors (Lipinski definition) is 8. The molecule has 0 N–H and O–H groups in total. The third kappa shape index (κ3) is 5.72. The SMILES string of the molecule is COc1ccc(CCOc2cccc(-c3cccc(CC(=O)c4csnn4)c3)n2)cc1OC. The third-order valence-electron chi connectivity index (χ3n) is 5.05. The molecule has 8 heteroatoms. The van der Waals surface area contributed by atoms with Crippen molar-refractivity contribution < 1.29 is 19.0 Å². The molecule has 0 unspecified atom stereocenters. The summed E-state index contributed by atoms with van der Waals surface area (Å²) in [6.07, 6.45) is 0.968. The number of hydrogen-bond donors (Lipinski definition) is 0. The van der Waals surface area contributed by atoms with Gasteiger partial charge >= 0.3 is 0 Å². The maximum absolute atomic E-state index is 12.3. The summed E-state index contributed by atoms with van der Waals surface area (Å²) in [5, 5.41) is 5.51. The Labute approximate surface area is 196 Å². The number of carbonyl (C=O) groups excluding carboxylic acids is 1. The molecule has 2 aromatic heterocycles. The van der Waals surface area contributed by atoms with E-state index in [0.717, 1.165) is 22.4 Å². The first-order chi connectivity index (χ1) is 16.2. The Morgan fingerprint density at radius 2 is 1.79 bits per heavy atom. The van der Waals surface area contributed by atoms with Crippen molar-refractivity contribution in [3.05, 3.63) is 82.9 Å². The molecule has 0 aliphatic carbocycles. The van der Waals surface area contributed by atoms with Gasteiger partial charge in [0.1, 0.15) is 5.69 Å². The molecule has 0 saturated heterocycles. The second-order valence-corrected chi connectivity index (χ2v) is 7.85. The van der Waals surface area contributed by atoms with Crippen molar-refractivity contribution >= 4 is 17.3 Å². The number of ketones is 1. The monoisotopic (exact) mass is 461 g/mol. The molecule has 0 amide bonds. The molecule has 0 aliphatic rings. The third-order valence-corrected chi connectivity index (χ3v) is 5.55. The maximum Gasteiger partial charge on any atom is 0.213 e. The molecule has 4 aromatic rings. The van der Waals surface area contributed by atoms with Crippen molar-refractivity contribution in [3.8, 4) is 28.6 Å². The number of carbonyl (C=O) groups is 1. The molecule has 4 rings (SSSR count). The summed E-state index contributed by atoms with van der Waals surface area (Å²) in [5.41, 5.74) is 4.07. The fraction of sp³-hybridized carbons (Fsp3) is 0.200. The number of nitrogens with zero attached hydrogens (tertiary/aromatic N) is 3. The van der Waals surface area contributed by atoms with Crippen LogP contribution in [-0.4, -0.2) is 41.2 Å². The van der Waals surface area contributed by atoms with Crippen molar-refractivity contribution in [1.82, 2.24) is 14.6 Å². The molecule has 2 heterocycles. The van der Waals surface area contributed by atoms with Gasteiger partial charge in [-0.25, -0.2) is 4.98 Å². The van der Waals surface area contributed by atoms with Crippen LogP contribution in [0.4, 0.5) is 0 Å². The zero-order valence-corrected chi connectivity index (χ0v) is 19.2. The zero-order valence-electron chi connectivity index (χ0n) is 18.4. The van der Waals surface area contributed by atoms with E-state index in [4.69, 9.17) is 14.2 Å². The smallest absolute Gasteiger partial charge is 0.213 e. The number of ether oxygens (including phenoxy) is 3. The molecule has 7 nitrogen and oxygen atoms in total. The van der Waals surface area contributed by atoms with Crippen LogP contribution < -0.4 is 14.2 Å². The highest BCUT2D eigenvalue weighted by Gasteiger charge is 2.11. The summed E-state index contributed by atoms with van der Waals surface area (Å²) >= 11 is 1.17. The van der Waals surface area contributed by atoms with Crippen molar-refractivity contribution in [1.29, 1.82) is 0 Å². The highest BCUT2D eigenvalue weighted by atomic mass is 32.1. The fourth-order valence-corrected chi connectivity index (χ4v) is 3.83. The molecular weight excluding hydrogens is 438 g/mol. The average molecular weight is 462 g/mol. The molecule has 168 valence electrons. The molecule has 0 saturated carbocycles. The van der Waals surface area contributed by atoms with Crippen LogP contribution in [0, 0.1) is 0 Å². The van der Waals surface area contributed by atoms with Gasteiger partial charge in [0, 0.05) is 29.9 Å². The standard InChI is InChI=1S/C25H23N3O4S/c1-30-23-10-9-17(15-24(23)31-2)11-12-32-25-8-4-7-20(26-25)19-6-3-5-18(13-19)14-22(29)21-16-33-28-27-21/h3-10,13,15-16H,11-12,14H2,1-2H3. The van der Waals surface area contributed by atoms with Gasteiger partial charge in [-0.05, 0) is 46.9 Å². The van der Waals surface area contributed by atoms with Crippen LogP contribution in [0.25, 0.3) is 11.3 Å². The quantitative estimate of drug-likeness (QED) is 0.318. The van der Waals surface area contributed by atoms with Crippen molar-refractivity contribution in [3.63, 3.8) is 0 Å². The summed E-state index contributed by atoms with van der Waals surface area (Å²) in [4.78, 5) is 17.0. The van der Waals surface area contributed by atoms with Crippen LogP contribution in [0.3, 0.4) is 0 Å². The van der Waals surface area contributed by atoms with Crippen LogP contribution in [-0.2, 0) is 12.8 Å². The summed E-state index contributed by atoms with van der Waals surface area (Å²) in [6.45, 7) is 0.474. The Bertz CT molecular complexity index is 1230. The Hall–Kier alpha value is -3.78. The van der Waals surface area contributed by atoms with Gasteiger partial charge in [0.25, 0.3) is 0 Å². The van der Waals surface area contributed by atoms with Crippen LogP contribution >= 0.6 is 11.5 Å².